The molecule has 0 amide bonds. The highest BCUT2D eigenvalue weighted by atomic mass is 79.9. The second-order valence-electron chi connectivity index (χ2n) is 4.43. The van der Waals surface area contributed by atoms with Gasteiger partial charge in [-0.25, -0.2) is 0 Å². The maximum Gasteiger partial charge on any atom is 0.175 e. The van der Waals surface area contributed by atoms with Crippen LogP contribution in [0.1, 0.15) is 18.9 Å². The minimum atomic E-state index is 0.591. The Bertz CT molecular complexity index is 438. The predicted molar refractivity (Wildman–Crippen MR) is 89.2 cm³/mol. The second kappa shape index (κ2) is 10.7. The Labute approximate surface area is 135 Å². The van der Waals surface area contributed by atoms with Crippen molar-refractivity contribution in [2.75, 3.05) is 33.5 Å². The molecule has 21 heavy (non-hydrogen) atoms. The summed E-state index contributed by atoms with van der Waals surface area (Å²) in [4.78, 5) is 0. The maximum absolute atomic E-state index is 5.78. The van der Waals surface area contributed by atoms with Gasteiger partial charge in [-0.3, -0.25) is 0 Å². The molecule has 0 saturated carbocycles. The summed E-state index contributed by atoms with van der Waals surface area (Å²) in [5.74, 6) is 1.51. The minimum Gasteiger partial charge on any atom is -0.490 e. The monoisotopic (exact) mass is 357 g/mol. The Balaban J connectivity index is 2.76. The lowest BCUT2D eigenvalue weighted by atomic mass is 10.2. The van der Waals surface area contributed by atoms with E-state index in [0.29, 0.717) is 19.8 Å². The lowest BCUT2D eigenvalue weighted by Crippen LogP contribution is -2.18. The van der Waals surface area contributed by atoms with Gasteiger partial charge in [-0.2, -0.15) is 0 Å². The Hall–Kier alpha value is -1.04. The Morgan fingerprint density at radius 3 is 2.76 bits per heavy atom. The first-order valence-corrected chi connectivity index (χ1v) is 7.90. The van der Waals surface area contributed by atoms with Gasteiger partial charge in [-0.15, -0.1) is 6.58 Å². The predicted octanol–water partition coefficient (Wildman–Crippen LogP) is 3.54. The van der Waals surface area contributed by atoms with E-state index in [1.54, 1.807) is 7.11 Å². The Morgan fingerprint density at radius 1 is 1.29 bits per heavy atom. The first kappa shape index (κ1) is 18.0. The van der Waals surface area contributed by atoms with Crippen LogP contribution in [0.5, 0.6) is 11.5 Å². The third-order valence-electron chi connectivity index (χ3n) is 2.75. The standard InChI is InChI=1S/C16H24BrNO3/c1-4-6-8-21-16-14(17)10-13(11-15(16)20-5-2)12-18-7-9-19-3/h4,10-11,18H,1,5-9,12H2,2-3H3. The van der Waals surface area contributed by atoms with Gasteiger partial charge in [0.25, 0.3) is 0 Å². The molecular formula is C16H24BrNO3. The molecule has 118 valence electrons. The van der Waals surface area contributed by atoms with Crippen molar-refractivity contribution in [1.82, 2.24) is 5.32 Å². The number of halogens is 1. The summed E-state index contributed by atoms with van der Waals surface area (Å²) >= 11 is 3.56. The fraction of sp³-hybridized carbons (Fsp3) is 0.500. The molecule has 1 aromatic carbocycles. The lowest BCUT2D eigenvalue weighted by molar-refractivity contribution is 0.199. The van der Waals surface area contributed by atoms with Gasteiger partial charge in [-0.1, -0.05) is 6.08 Å². The fourth-order valence-electron chi connectivity index (χ4n) is 1.78. The van der Waals surface area contributed by atoms with Crippen molar-refractivity contribution < 1.29 is 14.2 Å². The van der Waals surface area contributed by atoms with Crippen LogP contribution in [-0.2, 0) is 11.3 Å². The summed E-state index contributed by atoms with van der Waals surface area (Å²) in [6.07, 6.45) is 2.64. The van der Waals surface area contributed by atoms with Crippen LogP contribution in [0.25, 0.3) is 0 Å². The zero-order valence-corrected chi connectivity index (χ0v) is 14.4. The van der Waals surface area contributed by atoms with Gasteiger partial charge < -0.3 is 19.5 Å². The molecule has 0 aromatic heterocycles. The van der Waals surface area contributed by atoms with Gasteiger partial charge in [0.2, 0.25) is 0 Å². The smallest absolute Gasteiger partial charge is 0.175 e. The first-order chi connectivity index (χ1) is 10.2. The van der Waals surface area contributed by atoms with Gasteiger partial charge in [0.05, 0.1) is 24.3 Å². The topological polar surface area (TPSA) is 39.7 Å². The number of benzene rings is 1. The van der Waals surface area contributed by atoms with Gasteiger partial charge in [-0.05, 0) is 47.0 Å². The summed E-state index contributed by atoms with van der Waals surface area (Å²) in [5, 5.41) is 3.32. The number of hydrogen-bond donors (Lipinski definition) is 1. The minimum absolute atomic E-state index is 0.591. The lowest BCUT2D eigenvalue weighted by Gasteiger charge is -2.15. The van der Waals surface area contributed by atoms with Gasteiger partial charge in [0.1, 0.15) is 0 Å². The molecule has 1 aromatic rings. The van der Waals surface area contributed by atoms with E-state index in [-0.39, 0.29) is 0 Å². The van der Waals surface area contributed by atoms with Crippen LogP contribution in [-0.4, -0.2) is 33.5 Å². The van der Waals surface area contributed by atoms with Gasteiger partial charge in [0.15, 0.2) is 11.5 Å². The molecule has 0 aliphatic carbocycles. The average Bonchev–Trinajstić information content (AvgIpc) is 2.47. The molecule has 0 heterocycles. The van der Waals surface area contributed by atoms with E-state index >= 15 is 0 Å². The zero-order valence-electron chi connectivity index (χ0n) is 12.8. The second-order valence-corrected chi connectivity index (χ2v) is 5.29. The summed E-state index contributed by atoms with van der Waals surface area (Å²) < 4.78 is 17.4. The van der Waals surface area contributed by atoms with E-state index in [1.165, 1.54) is 0 Å². The molecule has 0 unspecified atom stereocenters. The normalized spacial score (nSPS) is 10.4. The molecule has 0 atom stereocenters. The number of nitrogens with one attached hydrogen (secondary N) is 1. The molecule has 0 aliphatic rings. The molecule has 5 heteroatoms. The van der Waals surface area contributed by atoms with Crippen LogP contribution in [0.3, 0.4) is 0 Å². The summed E-state index contributed by atoms with van der Waals surface area (Å²) in [6.45, 7) is 9.12. The van der Waals surface area contributed by atoms with E-state index in [0.717, 1.165) is 41.0 Å². The molecule has 0 fully saturated rings. The number of methoxy groups -OCH3 is 1. The SMILES string of the molecule is C=CCCOc1c(Br)cc(CNCCOC)cc1OCC. The highest BCUT2D eigenvalue weighted by Crippen LogP contribution is 2.37. The molecule has 0 aliphatic heterocycles. The quantitative estimate of drug-likeness (QED) is 0.485. The Kier molecular flexibility index (Phi) is 9.14. The van der Waals surface area contributed by atoms with Crippen molar-refractivity contribution in [3.63, 3.8) is 0 Å². The molecule has 0 bridgehead atoms. The van der Waals surface area contributed by atoms with Crippen LogP contribution in [0.2, 0.25) is 0 Å². The van der Waals surface area contributed by atoms with E-state index in [9.17, 15) is 0 Å². The van der Waals surface area contributed by atoms with Crippen molar-refractivity contribution in [1.29, 1.82) is 0 Å². The maximum atomic E-state index is 5.78. The van der Waals surface area contributed by atoms with E-state index in [2.05, 4.69) is 27.8 Å². The molecule has 0 saturated heterocycles. The van der Waals surface area contributed by atoms with Gasteiger partial charge in [0, 0.05) is 20.2 Å². The number of hydrogen-bond acceptors (Lipinski definition) is 4. The molecule has 0 spiro atoms. The van der Waals surface area contributed by atoms with Crippen molar-refractivity contribution in [2.24, 2.45) is 0 Å². The average molecular weight is 358 g/mol. The summed E-state index contributed by atoms with van der Waals surface area (Å²) in [7, 11) is 1.70. The zero-order chi connectivity index (χ0) is 15.5. The molecular weight excluding hydrogens is 334 g/mol. The van der Waals surface area contributed by atoms with Crippen LogP contribution in [0, 0.1) is 0 Å². The summed E-state index contributed by atoms with van der Waals surface area (Å²) in [6, 6.07) is 4.06. The number of rotatable bonds is 11. The largest absolute Gasteiger partial charge is 0.490 e. The van der Waals surface area contributed by atoms with Crippen molar-refractivity contribution in [3.05, 3.63) is 34.8 Å². The molecule has 0 radical (unpaired) electrons. The van der Waals surface area contributed by atoms with Crippen LogP contribution >= 0.6 is 15.9 Å². The number of ether oxygens (including phenoxy) is 3. The van der Waals surface area contributed by atoms with Crippen LogP contribution in [0.4, 0.5) is 0 Å². The highest BCUT2D eigenvalue weighted by molar-refractivity contribution is 9.10. The third-order valence-corrected chi connectivity index (χ3v) is 3.34. The van der Waals surface area contributed by atoms with E-state index < -0.39 is 0 Å². The Morgan fingerprint density at radius 2 is 2.10 bits per heavy atom. The molecule has 4 nitrogen and oxygen atoms in total. The first-order valence-electron chi connectivity index (χ1n) is 7.11. The molecule has 1 N–H and O–H groups in total. The van der Waals surface area contributed by atoms with Crippen LogP contribution < -0.4 is 14.8 Å². The van der Waals surface area contributed by atoms with Gasteiger partial charge >= 0.3 is 0 Å². The van der Waals surface area contributed by atoms with Crippen molar-refractivity contribution in [2.45, 2.75) is 19.9 Å². The van der Waals surface area contributed by atoms with Crippen LogP contribution in [0.15, 0.2) is 29.3 Å². The van der Waals surface area contributed by atoms with Crippen molar-refractivity contribution >= 4 is 15.9 Å². The highest BCUT2D eigenvalue weighted by Gasteiger charge is 2.12. The fourth-order valence-corrected chi connectivity index (χ4v) is 2.38. The van der Waals surface area contributed by atoms with E-state index in [4.69, 9.17) is 14.2 Å². The third kappa shape index (κ3) is 6.50. The molecule has 1 rings (SSSR count). The summed E-state index contributed by atoms with van der Waals surface area (Å²) in [5.41, 5.74) is 1.14. The van der Waals surface area contributed by atoms with Crippen molar-refractivity contribution in [3.8, 4) is 11.5 Å². The van der Waals surface area contributed by atoms with E-state index in [1.807, 2.05) is 25.1 Å².